The average Bonchev–Trinajstić information content (AvgIpc) is 3.40. The molecule has 4 N–H and O–H groups in total. The summed E-state index contributed by atoms with van der Waals surface area (Å²) in [5.41, 5.74) is 14.9. The third-order valence-corrected chi connectivity index (χ3v) is 8.41. The lowest BCUT2D eigenvalue weighted by Gasteiger charge is -2.18. The third kappa shape index (κ3) is 7.08. The van der Waals surface area contributed by atoms with Crippen molar-refractivity contribution < 1.29 is 24.9 Å². The number of carbonyl (C=O) groups excluding carboxylic acids is 1. The molecule has 0 radical (unpaired) electrons. The predicted octanol–water partition coefficient (Wildman–Crippen LogP) is 0.459. The number of aliphatic carboxylic acids is 1. The standard InChI is InChI=1S/C22H32N8O5S/c1-14(22(33)34)10-36(9-7-5-3-2-4-6-8-28-29-24)11-15-17(31)18(32)21(35-15)30-13-27-16-19(23)25-12-26-20(16)30/h5,7,12-15,17-18,21,31-32H,2-4,6,8-11H2,1H3,(H2-,23,25,26,33,34)/b7-5+/t14-,15+,17-,18?,21+,36?/m0/s1. The van der Waals surface area contributed by atoms with Crippen LogP contribution >= 0.6 is 0 Å². The minimum atomic E-state index is -1.23. The van der Waals surface area contributed by atoms with Crippen LogP contribution in [0.2, 0.25) is 0 Å². The molecule has 2 aromatic rings. The molecule has 3 rings (SSSR count). The van der Waals surface area contributed by atoms with Crippen molar-refractivity contribution >= 4 is 33.8 Å². The zero-order chi connectivity index (χ0) is 26.1. The summed E-state index contributed by atoms with van der Waals surface area (Å²) in [7, 11) is -0.434. The molecule has 1 fully saturated rings. The van der Waals surface area contributed by atoms with Crippen molar-refractivity contribution in [2.24, 2.45) is 11.0 Å². The Morgan fingerprint density at radius 2 is 2.14 bits per heavy atom. The lowest BCUT2D eigenvalue weighted by molar-refractivity contribution is -0.310. The van der Waals surface area contributed by atoms with Crippen LogP contribution in [-0.2, 0) is 20.4 Å². The molecule has 36 heavy (non-hydrogen) atoms. The first-order valence-corrected chi connectivity index (χ1v) is 13.5. The van der Waals surface area contributed by atoms with Crippen LogP contribution in [0.4, 0.5) is 5.82 Å². The van der Waals surface area contributed by atoms with Gasteiger partial charge in [0.2, 0.25) is 0 Å². The Morgan fingerprint density at radius 1 is 1.33 bits per heavy atom. The second kappa shape index (κ2) is 13.4. The van der Waals surface area contributed by atoms with Gasteiger partial charge in [-0.2, -0.15) is 0 Å². The number of ether oxygens (including phenoxy) is 1. The summed E-state index contributed by atoms with van der Waals surface area (Å²) in [5, 5.41) is 36.3. The van der Waals surface area contributed by atoms with Crippen molar-refractivity contribution in [2.75, 3.05) is 29.5 Å². The predicted molar refractivity (Wildman–Crippen MR) is 133 cm³/mol. The Balaban J connectivity index is 1.62. The Bertz CT molecular complexity index is 1090. The molecule has 0 saturated carbocycles. The van der Waals surface area contributed by atoms with Crippen molar-refractivity contribution in [1.29, 1.82) is 0 Å². The fourth-order valence-electron chi connectivity index (χ4n) is 4.00. The van der Waals surface area contributed by atoms with Crippen molar-refractivity contribution in [1.82, 2.24) is 19.5 Å². The van der Waals surface area contributed by atoms with Gasteiger partial charge in [0.05, 0.1) is 6.33 Å². The van der Waals surface area contributed by atoms with Crippen molar-refractivity contribution in [2.45, 2.75) is 57.1 Å². The lowest BCUT2D eigenvalue weighted by atomic mass is 10.1. The number of carbonyl (C=O) groups is 1. The first kappa shape index (κ1) is 27.7. The number of allylic oxidation sites excluding steroid dienone is 1. The molecule has 196 valence electrons. The summed E-state index contributed by atoms with van der Waals surface area (Å²) in [4.78, 5) is 26.4. The fraction of sp³-hybridized carbons (Fsp3) is 0.636. The molecule has 14 heteroatoms. The van der Waals surface area contributed by atoms with Crippen molar-refractivity contribution in [3.8, 4) is 0 Å². The second-order valence-corrected chi connectivity index (χ2v) is 11.0. The molecule has 0 spiro atoms. The Hall–Kier alpha value is -2.90. The minimum Gasteiger partial charge on any atom is -0.550 e. The van der Waals surface area contributed by atoms with Gasteiger partial charge in [0.1, 0.15) is 47.4 Å². The van der Waals surface area contributed by atoms with Crippen LogP contribution in [0.5, 0.6) is 0 Å². The molecule has 2 unspecified atom stereocenters. The maximum atomic E-state index is 11.4. The van der Waals surface area contributed by atoms with Crippen LogP contribution in [0.1, 0.15) is 38.8 Å². The SMILES string of the molecule is C[C@@H](C[S+](C/C=C/CCCCCN=[N+]=[N-])C[C@H]1O[C@@H](n2cnc3c(N)ncnc32)C(O)[C@H]1O)C(=O)[O-]. The van der Waals surface area contributed by atoms with Crippen LogP contribution in [0.25, 0.3) is 21.6 Å². The number of carboxylic acid groups (broad SMARTS) is 1. The Morgan fingerprint density at radius 3 is 2.89 bits per heavy atom. The number of unbranched alkanes of at least 4 members (excludes halogenated alkanes) is 3. The number of nitrogens with two attached hydrogens (primary N) is 1. The highest BCUT2D eigenvalue weighted by atomic mass is 32.2. The first-order valence-electron chi connectivity index (χ1n) is 11.8. The van der Waals surface area contributed by atoms with E-state index in [1.54, 1.807) is 6.92 Å². The summed E-state index contributed by atoms with van der Waals surface area (Å²) in [6.07, 6.45) is 6.42. The number of hydrogen-bond acceptors (Lipinski definition) is 10. The summed E-state index contributed by atoms with van der Waals surface area (Å²) in [6.45, 7) is 2.10. The number of nitrogen functional groups attached to an aromatic ring is 1. The summed E-state index contributed by atoms with van der Waals surface area (Å²) >= 11 is 0. The van der Waals surface area contributed by atoms with E-state index in [2.05, 4.69) is 31.1 Å². The van der Waals surface area contributed by atoms with E-state index >= 15 is 0 Å². The van der Waals surface area contributed by atoms with E-state index < -0.39 is 47.3 Å². The largest absolute Gasteiger partial charge is 0.550 e. The summed E-state index contributed by atoms with van der Waals surface area (Å²) < 4.78 is 7.57. The number of aromatic nitrogens is 4. The number of fused-ring (bicyclic) bond motifs is 1. The van der Waals surface area contributed by atoms with E-state index in [0.717, 1.165) is 25.7 Å². The molecule has 0 aliphatic carbocycles. The fourth-order valence-corrected chi connectivity index (χ4v) is 6.40. The minimum absolute atomic E-state index is 0.198. The van der Waals surface area contributed by atoms with Gasteiger partial charge in [-0.1, -0.05) is 24.5 Å². The molecule has 0 aromatic carbocycles. The molecule has 13 nitrogen and oxygen atoms in total. The molecule has 1 aliphatic heterocycles. The number of hydrogen-bond donors (Lipinski definition) is 3. The number of aliphatic hydroxyl groups is 2. The average molecular weight is 521 g/mol. The second-order valence-electron chi connectivity index (χ2n) is 8.74. The van der Waals surface area contributed by atoms with Gasteiger partial charge in [-0.05, 0) is 41.8 Å². The first-order chi connectivity index (χ1) is 17.3. The van der Waals surface area contributed by atoms with Crippen LogP contribution in [-0.4, -0.2) is 77.8 Å². The quantitative estimate of drug-likeness (QED) is 0.0787. The van der Waals surface area contributed by atoms with E-state index in [9.17, 15) is 20.1 Å². The number of carboxylic acids is 1. The van der Waals surface area contributed by atoms with E-state index in [4.69, 9.17) is 16.0 Å². The molecule has 0 bridgehead atoms. The molecule has 0 amide bonds. The molecular formula is C22H32N8O5S. The number of nitrogens with zero attached hydrogens (tertiary/aromatic N) is 7. The highest BCUT2D eigenvalue weighted by Crippen LogP contribution is 2.33. The van der Waals surface area contributed by atoms with E-state index in [1.807, 2.05) is 6.08 Å². The highest BCUT2D eigenvalue weighted by Gasteiger charge is 2.47. The van der Waals surface area contributed by atoms with Crippen LogP contribution in [0.15, 0.2) is 29.9 Å². The van der Waals surface area contributed by atoms with Gasteiger partial charge in [-0.15, -0.1) is 0 Å². The van der Waals surface area contributed by atoms with Gasteiger partial charge in [-0.3, -0.25) is 4.57 Å². The zero-order valence-electron chi connectivity index (χ0n) is 20.1. The molecule has 1 aliphatic rings. The summed E-state index contributed by atoms with van der Waals surface area (Å²) in [6, 6.07) is 0. The molecule has 6 atom stereocenters. The monoisotopic (exact) mass is 520 g/mol. The molecular weight excluding hydrogens is 488 g/mol. The smallest absolute Gasteiger partial charge is 0.167 e. The Labute approximate surface area is 211 Å². The highest BCUT2D eigenvalue weighted by molar-refractivity contribution is 7.97. The molecule has 3 heterocycles. The lowest BCUT2D eigenvalue weighted by Crippen LogP contribution is -2.40. The van der Waals surface area contributed by atoms with Gasteiger partial charge in [0, 0.05) is 23.3 Å². The molecule has 2 aromatic heterocycles. The number of rotatable bonds is 14. The van der Waals surface area contributed by atoms with Crippen LogP contribution in [0.3, 0.4) is 0 Å². The maximum absolute atomic E-state index is 11.4. The van der Waals surface area contributed by atoms with Crippen LogP contribution in [0, 0.1) is 5.92 Å². The zero-order valence-corrected chi connectivity index (χ0v) is 20.9. The number of imidazole rings is 1. The topological polar surface area (TPSA) is 208 Å². The van der Waals surface area contributed by atoms with E-state index in [1.165, 1.54) is 17.2 Å². The number of azide groups is 1. The molecule has 1 saturated heterocycles. The van der Waals surface area contributed by atoms with Crippen molar-refractivity contribution in [3.05, 3.63) is 35.2 Å². The number of anilines is 1. The third-order valence-electron chi connectivity index (χ3n) is 5.98. The maximum Gasteiger partial charge on any atom is 0.167 e. The van der Waals surface area contributed by atoms with Crippen LogP contribution < -0.4 is 10.8 Å². The number of aliphatic hydroxyl groups excluding tert-OH is 2. The van der Waals surface area contributed by atoms with E-state index in [0.29, 0.717) is 35.0 Å². The van der Waals surface area contributed by atoms with Gasteiger partial charge in [-0.25, -0.2) is 15.0 Å². The Kier molecular flexibility index (Phi) is 10.3. The van der Waals surface area contributed by atoms with Gasteiger partial charge >= 0.3 is 0 Å². The van der Waals surface area contributed by atoms with Gasteiger partial charge < -0.3 is 30.6 Å². The van der Waals surface area contributed by atoms with E-state index in [-0.39, 0.29) is 5.82 Å². The van der Waals surface area contributed by atoms with Crippen molar-refractivity contribution in [3.63, 3.8) is 0 Å². The van der Waals surface area contributed by atoms with Gasteiger partial charge in [0.15, 0.2) is 17.7 Å². The normalized spacial score (nSPS) is 23.6. The van der Waals surface area contributed by atoms with Gasteiger partial charge in [0.25, 0.3) is 0 Å². The summed E-state index contributed by atoms with van der Waals surface area (Å²) in [5.74, 6) is -0.190.